The number of hydrogen-bond acceptors (Lipinski definition) is 6. The van der Waals surface area contributed by atoms with Gasteiger partial charge in [-0.3, -0.25) is 0 Å². The zero-order valence-electron chi connectivity index (χ0n) is 12.0. The van der Waals surface area contributed by atoms with E-state index in [1.807, 2.05) is 11.9 Å². The highest BCUT2D eigenvalue weighted by Crippen LogP contribution is 2.22. The molecule has 1 aromatic carbocycles. The molecule has 7 nitrogen and oxygen atoms in total. The Morgan fingerprint density at radius 1 is 1.24 bits per heavy atom. The minimum atomic E-state index is -2.10. The van der Waals surface area contributed by atoms with Gasteiger partial charge in [-0.05, 0) is 18.2 Å². The lowest BCUT2D eigenvalue weighted by molar-refractivity contribution is 0.0353. The predicted molar refractivity (Wildman–Crippen MR) is 81.9 cm³/mol. The van der Waals surface area contributed by atoms with Crippen molar-refractivity contribution in [1.29, 1.82) is 0 Å². The van der Waals surface area contributed by atoms with Crippen LogP contribution in [0.15, 0.2) is 23.1 Å². The van der Waals surface area contributed by atoms with E-state index in [2.05, 4.69) is 0 Å². The first kappa shape index (κ1) is 17.9. The molecule has 0 aromatic heterocycles. The molecule has 1 atom stereocenters. The lowest BCUT2D eigenvalue weighted by atomic mass is 10.2. The number of ether oxygens (including phenoxy) is 2. The second-order valence-corrected chi connectivity index (χ2v) is 5.28. The quantitative estimate of drug-likeness (QED) is 0.324. The van der Waals surface area contributed by atoms with Crippen LogP contribution in [0.25, 0.3) is 0 Å². The van der Waals surface area contributed by atoms with Gasteiger partial charge in [-0.25, -0.2) is 4.21 Å². The number of benzene rings is 1. The summed E-state index contributed by atoms with van der Waals surface area (Å²) >= 11 is -2.10. The van der Waals surface area contributed by atoms with Gasteiger partial charge in [-0.15, -0.1) is 0 Å². The fraction of sp³-hybridized carbons (Fsp3) is 0.538. The molecule has 0 saturated carbocycles. The maximum absolute atomic E-state index is 11.1. The Labute approximate surface area is 126 Å². The predicted octanol–water partition coefficient (Wildman–Crippen LogP) is 0.311. The third kappa shape index (κ3) is 6.40. The highest BCUT2D eigenvalue weighted by Gasteiger charge is 2.09. The first-order valence-electron chi connectivity index (χ1n) is 6.54. The van der Waals surface area contributed by atoms with Crippen molar-refractivity contribution in [2.24, 2.45) is 0 Å². The maximum Gasteiger partial charge on any atom is 0.188 e. The Bertz CT molecular complexity index is 458. The molecule has 120 valence electrons. The fourth-order valence-corrected chi connectivity index (χ4v) is 2.12. The topological polar surface area (TPSA) is 105 Å². The summed E-state index contributed by atoms with van der Waals surface area (Å²) in [5, 5.41) is 8.53. The van der Waals surface area contributed by atoms with E-state index in [4.69, 9.17) is 24.9 Å². The molecule has 0 heterocycles. The van der Waals surface area contributed by atoms with Crippen molar-refractivity contribution >= 4 is 22.5 Å². The van der Waals surface area contributed by atoms with Gasteiger partial charge in [0.15, 0.2) is 11.1 Å². The zero-order chi connectivity index (χ0) is 15.7. The molecule has 0 bridgehead atoms. The number of nitrogens with two attached hydrogens (primary N) is 1. The van der Waals surface area contributed by atoms with Gasteiger partial charge in [0.2, 0.25) is 0 Å². The fourth-order valence-electron chi connectivity index (χ4n) is 1.63. The van der Waals surface area contributed by atoms with E-state index in [0.29, 0.717) is 38.7 Å². The molecule has 4 N–H and O–H groups in total. The standard InChI is InChI=1S/C13H22N2O5S/c1-15(4-6-19-8-9-20-7-5-16)11-2-3-12(14)13(10-11)21(17)18/h2-3,10,16H,4-9,14H2,1H3,(H,17,18). The van der Waals surface area contributed by atoms with E-state index in [1.54, 1.807) is 18.2 Å². The summed E-state index contributed by atoms with van der Waals surface area (Å²) in [6, 6.07) is 4.99. The molecule has 21 heavy (non-hydrogen) atoms. The molecule has 0 spiro atoms. The van der Waals surface area contributed by atoms with Crippen LogP contribution in [-0.4, -0.2) is 60.5 Å². The van der Waals surface area contributed by atoms with Gasteiger partial charge in [0, 0.05) is 19.3 Å². The third-order valence-corrected chi connectivity index (χ3v) is 3.53. The van der Waals surface area contributed by atoms with Gasteiger partial charge >= 0.3 is 0 Å². The van der Waals surface area contributed by atoms with Gasteiger partial charge in [0.1, 0.15) is 0 Å². The Balaban J connectivity index is 2.37. The molecule has 0 amide bonds. The van der Waals surface area contributed by atoms with Crippen LogP contribution >= 0.6 is 0 Å². The summed E-state index contributed by atoms with van der Waals surface area (Å²) in [4.78, 5) is 2.11. The zero-order valence-corrected chi connectivity index (χ0v) is 12.8. The normalized spacial score (nSPS) is 12.3. The van der Waals surface area contributed by atoms with Crippen molar-refractivity contribution in [3.8, 4) is 0 Å². The van der Waals surface area contributed by atoms with Crippen molar-refractivity contribution in [2.75, 3.05) is 57.3 Å². The summed E-state index contributed by atoms with van der Waals surface area (Å²) in [6.07, 6.45) is 0. The van der Waals surface area contributed by atoms with Gasteiger partial charge < -0.3 is 29.8 Å². The lowest BCUT2D eigenvalue weighted by Gasteiger charge is -2.20. The maximum atomic E-state index is 11.1. The molecule has 0 saturated heterocycles. The Morgan fingerprint density at radius 3 is 2.52 bits per heavy atom. The van der Waals surface area contributed by atoms with Crippen molar-refractivity contribution in [3.63, 3.8) is 0 Å². The Morgan fingerprint density at radius 2 is 1.90 bits per heavy atom. The molecular weight excluding hydrogens is 296 g/mol. The van der Waals surface area contributed by atoms with Crippen LogP contribution in [0.2, 0.25) is 0 Å². The largest absolute Gasteiger partial charge is 0.398 e. The number of anilines is 2. The Kier molecular flexibility index (Phi) is 8.24. The monoisotopic (exact) mass is 318 g/mol. The summed E-state index contributed by atoms with van der Waals surface area (Å²) in [6.45, 7) is 2.35. The van der Waals surface area contributed by atoms with E-state index in [-0.39, 0.29) is 11.5 Å². The molecule has 0 aliphatic heterocycles. The van der Waals surface area contributed by atoms with Crippen molar-refractivity contribution < 1.29 is 23.3 Å². The molecule has 0 aliphatic carbocycles. The molecule has 8 heteroatoms. The van der Waals surface area contributed by atoms with Crippen LogP contribution in [0.5, 0.6) is 0 Å². The van der Waals surface area contributed by atoms with E-state index in [9.17, 15) is 4.21 Å². The van der Waals surface area contributed by atoms with E-state index in [1.165, 1.54) is 0 Å². The first-order valence-corrected chi connectivity index (χ1v) is 7.64. The summed E-state index contributed by atoms with van der Waals surface area (Å²) < 4.78 is 30.7. The van der Waals surface area contributed by atoms with Crippen LogP contribution < -0.4 is 10.6 Å². The van der Waals surface area contributed by atoms with Gasteiger partial charge in [0.25, 0.3) is 0 Å². The molecule has 1 rings (SSSR count). The smallest absolute Gasteiger partial charge is 0.188 e. The highest BCUT2D eigenvalue weighted by molar-refractivity contribution is 7.79. The van der Waals surface area contributed by atoms with E-state index in [0.717, 1.165) is 5.69 Å². The average Bonchev–Trinajstić information content (AvgIpc) is 2.46. The van der Waals surface area contributed by atoms with Crippen molar-refractivity contribution in [3.05, 3.63) is 18.2 Å². The van der Waals surface area contributed by atoms with Crippen LogP contribution in [0.1, 0.15) is 0 Å². The molecule has 1 unspecified atom stereocenters. The Hall–Kier alpha value is -1.19. The molecule has 1 aromatic rings. The van der Waals surface area contributed by atoms with Crippen LogP contribution in [0.4, 0.5) is 11.4 Å². The number of aliphatic hydroxyl groups excluding tert-OH is 1. The highest BCUT2D eigenvalue weighted by atomic mass is 32.2. The van der Waals surface area contributed by atoms with Gasteiger partial charge in [-0.1, -0.05) is 0 Å². The second kappa shape index (κ2) is 9.69. The number of likely N-dealkylation sites (N-methyl/N-ethyl adjacent to an activating group) is 1. The summed E-state index contributed by atoms with van der Waals surface area (Å²) in [7, 11) is 1.86. The minimum Gasteiger partial charge on any atom is -0.398 e. The van der Waals surface area contributed by atoms with Crippen molar-refractivity contribution in [1.82, 2.24) is 0 Å². The molecule has 0 fully saturated rings. The van der Waals surface area contributed by atoms with Crippen LogP contribution in [0, 0.1) is 0 Å². The van der Waals surface area contributed by atoms with E-state index < -0.39 is 11.1 Å². The summed E-state index contributed by atoms with van der Waals surface area (Å²) in [5.74, 6) is 0. The minimum absolute atomic E-state index is 0.00837. The van der Waals surface area contributed by atoms with Crippen LogP contribution in [-0.2, 0) is 20.6 Å². The van der Waals surface area contributed by atoms with Gasteiger partial charge in [-0.2, -0.15) is 0 Å². The van der Waals surface area contributed by atoms with E-state index >= 15 is 0 Å². The average molecular weight is 318 g/mol. The molecular formula is C13H22N2O5S. The molecule has 0 aliphatic rings. The number of hydrogen-bond donors (Lipinski definition) is 3. The summed E-state index contributed by atoms with van der Waals surface area (Å²) in [5.41, 5.74) is 6.73. The number of aliphatic hydroxyl groups is 1. The van der Waals surface area contributed by atoms with Crippen molar-refractivity contribution in [2.45, 2.75) is 4.90 Å². The number of nitrogen functional groups attached to an aromatic ring is 1. The number of rotatable bonds is 10. The molecule has 0 radical (unpaired) electrons. The number of nitrogens with zero attached hydrogens (tertiary/aromatic N) is 1. The lowest BCUT2D eigenvalue weighted by Crippen LogP contribution is -2.23. The first-order chi connectivity index (χ1) is 10.1. The second-order valence-electron chi connectivity index (χ2n) is 4.34. The third-order valence-electron chi connectivity index (χ3n) is 2.80. The SMILES string of the molecule is CN(CCOCCOCCO)c1ccc(N)c(S(=O)O)c1. The van der Waals surface area contributed by atoms with Gasteiger partial charge in [0.05, 0.1) is 43.6 Å². The van der Waals surface area contributed by atoms with Crippen LogP contribution in [0.3, 0.4) is 0 Å².